The third-order valence-electron chi connectivity index (χ3n) is 0.702. The van der Waals surface area contributed by atoms with Crippen molar-refractivity contribution in [3.63, 3.8) is 0 Å². The molecule has 0 unspecified atom stereocenters. The molecule has 0 amide bonds. The van der Waals surface area contributed by atoms with Gasteiger partial charge in [0.15, 0.2) is 0 Å². The van der Waals surface area contributed by atoms with E-state index in [4.69, 9.17) is 4.74 Å². The van der Waals surface area contributed by atoms with Gasteiger partial charge in [-0.15, -0.1) is 0 Å². The fraction of sp³-hybridized carbons (Fsp3) is 0.714. The molecule has 1 radical (unpaired) electrons. The standard InChI is InChI=1S/C4H7O.C2H6.CH3.Y/c1-2-4-5-3-1;1-2;;/h1H,2-4H2;1-2H3;1H3;/q-1;;-1;. The van der Waals surface area contributed by atoms with Crippen LogP contribution in [0.5, 0.6) is 0 Å². The summed E-state index contributed by atoms with van der Waals surface area (Å²) in [5.41, 5.74) is 0. The molecule has 1 nitrogen and oxygen atoms in total. The molecule has 0 aromatic heterocycles. The van der Waals surface area contributed by atoms with E-state index in [1.807, 2.05) is 13.8 Å². The number of hydrogen-bond acceptors (Lipinski definition) is 1. The number of rotatable bonds is 0. The summed E-state index contributed by atoms with van der Waals surface area (Å²) in [5.74, 6) is 0. The van der Waals surface area contributed by atoms with E-state index in [9.17, 15) is 0 Å². The Morgan fingerprint density at radius 2 is 1.89 bits per heavy atom. The zero-order valence-electron chi connectivity index (χ0n) is 6.68. The van der Waals surface area contributed by atoms with Gasteiger partial charge in [-0.3, -0.25) is 0 Å². The van der Waals surface area contributed by atoms with E-state index in [2.05, 4.69) is 6.42 Å². The van der Waals surface area contributed by atoms with Gasteiger partial charge < -0.3 is 18.6 Å². The average Bonchev–Trinajstić information content (AvgIpc) is 2.23. The van der Waals surface area contributed by atoms with Crippen molar-refractivity contribution in [1.29, 1.82) is 0 Å². The molecule has 0 aliphatic carbocycles. The summed E-state index contributed by atoms with van der Waals surface area (Å²) >= 11 is 0. The molecular formula is C7H16OY-2. The zero-order chi connectivity index (χ0) is 5.54. The minimum atomic E-state index is 0. The molecule has 1 aliphatic heterocycles. The second-order valence-corrected chi connectivity index (χ2v) is 1.15. The first-order valence-corrected chi connectivity index (χ1v) is 2.89. The van der Waals surface area contributed by atoms with Crippen molar-refractivity contribution in [2.75, 3.05) is 13.2 Å². The van der Waals surface area contributed by atoms with Gasteiger partial charge in [0.1, 0.15) is 0 Å². The first-order valence-electron chi connectivity index (χ1n) is 2.89. The molecule has 0 N–H and O–H groups in total. The molecule has 1 rings (SSSR count). The van der Waals surface area contributed by atoms with Crippen LogP contribution in [0, 0.1) is 13.8 Å². The summed E-state index contributed by atoms with van der Waals surface area (Å²) in [6, 6.07) is 0. The molecule has 1 heterocycles. The summed E-state index contributed by atoms with van der Waals surface area (Å²) in [6.45, 7) is 5.82. The van der Waals surface area contributed by atoms with E-state index in [1.54, 1.807) is 0 Å². The molecular weight excluding hydrogens is 189 g/mol. The topological polar surface area (TPSA) is 9.23 Å². The monoisotopic (exact) mass is 205 g/mol. The first-order chi connectivity index (χ1) is 3.50. The van der Waals surface area contributed by atoms with Gasteiger partial charge in [-0.05, 0) is 0 Å². The van der Waals surface area contributed by atoms with Crippen LogP contribution in [-0.2, 0) is 37.4 Å². The van der Waals surface area contributed by atoms with E-state index in [0.717, 1.165) is 19.6 Å². The predicted octanol–water partition coefficient (Wildman–Crippen LogP) is 2.08. The molecule has 1 fully saturated rings. The van der Waals surface area contributed by atoms with E-state index in [0.29, 0.717) is 0 Å². The molecule has 0 aromatic rings. The number of hydrogen-bond donors (Lipinski definition) is 0. The Kier molecular flexibility index (Phi) is 29.5. The SMILES string of the molecule is CC.[CH-]1CCOC1.[CH3-].[Y]. The Morgan fingerprint density at radius 3 is 2.00 bits per heavy atom. The fourth-order valence-corrected chi connectivity index (χ4v) is 0.417. The summed E-state index contributed by atoms with van der Waals surface area (Å²) in [5, 5.41) is 0. The van der Waals surface area contributed by atoms with Gasteiger partial charge in [-0.1, -0.05) is 20.5 Å². The molecule has 1 saturated heterocycles. The second-order valence-electron chi connectivity index (χ2n) is 1.15. The Morgan fingerprint density at radius 1 is 1.33 bits per heavy atom. The first kappa shape index (κ1) is 16.6. The van der Waals surface area contributed by atoms with E-state index >= 15 is 0 Å². The molecule has 0 saturated carbocycles. The smallest absolute Gasteiger partial charge is 0.0161 e. The molecule has 9 heavy (non-hydrogen) atoms. The molecule has 0 bridgehead atoms. The quantitative estimate of drug-likeness (QED) is 0.550. The maximum Gasteiger partial charge on any atom is 0.0161 e. The van der Waals surface area contributed by atoms with Gasteiger partial charge in [-0.2, -0.15) is 6.42 Å². The van der Waals surface area contributed by atoms with Crippen LogP contribution >= 0.6 is 0 Å². The summed E-state index contributed by atoms with van der Waals surface area (Å²) < 4.78 is 4.89. The third-order valence-corrected chi connectivity index (χ3v) is 0.702. The normalized spacial score (nSPS) is 14.0. The minimum absolute atomic E-state index is 0. The van der Waals surface area contributed by atoms with Crippen molar-refractivity contribution in [1.82, 2.24) is 0 Å². The molecule has 1 aliphatic rings. The van der Waals surface area contributed by atoms with E-state index < -0.39 is 0 Å². The van der Waals surface area contributed by atoms with Crippen LogP contribution in [0.2, 0.25) is 0 Å². The summed E-state index contributed by atoms with van der Waals surface area (Å²) in [4.78, 5) is 0. The zero-order valence-corrected chi connectivity index (χ0v) is 9.52. The van der Waals surface area contributed by atoms with Crippen molar-refractivity contribution < 1.29 is 37.4 Å². The van der Waals surface area contributed by atoms with Gasteiger partial charge >= 0.3 is 0 Å². The van der Waals surface area contributed by atoms with Crippen LogP contribution in [0.1, 0.15) is 20.3 Å². The molecule has 0 atom stereocenters. The third kappa shape index (κ3) is 12.3. The second kappa shape index (κ2) is 16.0. The van der Waals surface area contributed by atoms with E-state index in [1.165, 1.54) is 0 Å². The summed E-state index contributed by atoms with van der Waals surface area (Å²) in [7, 11) is 0. The van der Waals surface area contributed by atoms with Crippen molar-refractivity contribution in [3.05, 3.63) is 13.8 Å². The molecule has 0 aromatic carbocycles. The fourth-order valence-electron chi connectivity index (χ4n) is 0.417. The Hall–Kier alpha value is 1.06. The largest absolute Gasteiger partial charge is 0.416 e. The number of ether oxygens (including phenoxy) is 1. The van der Waals surface area contributed by atoms with Crippen LogP contribution in [0.3, 0.4) is 0 Å². The average molecular weight is 205 g/mol. The van der Waals surface area contributed by atoms with Crippen LogP contribution in [0.25, 0.3) is 0 Å². The van der Waals surface area contributed by atoms with Gasteiger partial charge in [0.25, 0.3) is 0 Å². The minimum Gasteiger partial charge on any atom is -0.416 e. The van der Waals surface area contributed by atoms with Gasteiger partial charge in [0.2, 0.25) is 0 Å². The van der Waals surface area contributed by atoms with Gasteiger partial charge in [0, 0.05) is 39.3 Å². The molecule has 0 spiro atoms. The van der Waals surface area contributed by atoms with Gasteiger partial charge in [-0.25, -0.2) is 0 Å². The van der Waals surface area contributed by atoms with Crippen molar-refractivity contribution >= 4 is 0 Å². The van der Waals surface area contributed by atoms with E-state index in [-0.39, 0.29) is 40.1 Å². The Bertz CT molecular complexity index is 20.5. The Labute approximate surface area is 84.4 Å². The molecule has 55 valence electrons. The maximum atomic E-state index is 4.89. The van der Waals surface area contributed by atoms with Crippen molar-refractivity contribution in [2.24, 2.45) is 0 Å². The van der Waals surface area contributed by atoms with Crippen molar-refractivity contribution in [3.8, 4) is 0 Å². The summed E-state index contributed by atoms with van der Waals surface area (Å²) in [6.07, 6.45) is 3.29. The van der Waals surface area contributed by atoms with Gasteiger partial charge in [0.05, 0.1) is 0 Å². The molecule has 2 heteroatoms. The maximum absolute atomic E-state index is 4.89. The predicted molar refractivity (Wildman–Crippen MR) is 37.5 cm³/mol. The van der Waals surface area contributed by atoms with Crippen LogP contribution in [-0.4, -0.2) is 13.2 Å². The van der Waals surface area contributed by atoms with Crippen LogP contribution in [0.4, 0.5) is 0 Å². The van der Waals surface area contributed by atoms with Crippen LogP contribution in [0.15, 0.2) is 0 Å². The Balaban J connectivity index is -0.0000000836. The van der Waals surface area contributed by atoms with Crippen molar-refractivity contribution in [2.45, 2.75) is 20.3 Å². The van der Waals surface area contributed by atoms with Crippen LogP contribution < -0.4 is 0 Å².